The van der Waals surface area contributed by atoms with Crippen LogP contribution in [0.2, 0.25) is 0 Å². The minimum atomic E-state index is -0.390. The molecule has 2 nitrogen and oxygen atoms in total. The molecule has 0 heterocycles. The van der Waals surface area contributed by atoms with E-state index in [0.29, 0.717) is 5.92 Å². The van der Waals surface area contributed by atoms with E-state index in [4.69, 9.17) is 0 Å². The molecule has 2 saturated carbocycles. The predicted molar refractivity (Wildman–Crippen MR) is 108 cm³/mol. The molecular weight excluding hydrogens is 338 g/mol. The number of hydrogen-bond donors (Lipinski definition) is 1. The average molecular weight is 364 g/mol. The SMILES string of the molecule is C=C1C2(C(=O)Nc3ccccc3Sc3ccccc3)CCC(C2)C1(C)C. The third-order valence-corrected chi connectivity index (χ3v) is 7.52. The van der Waals surface area contributed by atoms with Crippen LogP contribution in [-0.2, 0) is 4.79 Å². The average Bonchev–Trinajstić information content (AvgIpc) is 3.17. The number of rotatable bonds is 4. The smallest absolute Gasteiger partial charge is 0.234 e. The molecule has 134 valence electrons. The van der Waals surface area contributed by atoms with Crippen molar-refractivity contribution in [2.75, 3.05) is 5.32 Å². The van der Waals surface area contributed by atoms with E-state index in [9.17, 15) is 4.79 Å². The molecule has 0 spiro atoms. The van der Waals surface area contributed by atoms with Crippen LogP contribution in [0.4, 0.5) is 5.69 Å². The van der Waals surface area contributed by atoms with Crippen LogP contribution in [0.25, 0.3) is 0 Å². The summed E-state index contributed by atoms with van der Waals surface area (Å²) in [6, 6.07) is 18.3. The van der Waals surface area contributed by atoms with E-state index in [0.717, 1.165) is 35.4 Å². The fourth-order valence-electron chi connectivity index (χ4n) is 4.66. The van der Waals surface area contributed by atoms with Crippen molar-refractivity contribution in [3.05, 3.63) is 66.7 Å². The van der Waals surface area contributed by atoms with Gasteiger partial charge in [0.2, 0.25) is 5.91 Å². The van der Waals surface area contributed by atoms with Gasteiger partial charge in [0, 0.05) is 9.79 Å². The summed E-state index contributed by atoms with van der Waals surface area (Å²) in [5.41, 5.74) is 1.68. The molecule has 2 fully saturated rings. The van der Waals surface area contributed by atoms with E-state index in [1.807, 2.05) is 36.4 Å². The van der Waals surface area contributed by atoms with E-state index in [1.54, 1.807) is 11.8 Å². The highest BCUT2D eigenvalue weighted by atomic mass is 32.2. The van der Waals surface area contributed by atoms with Gasteiger partial charge in [-0.15, -0.1) is 0 Å². The summed E-state index contributed by atoms with van der Waals surface area (Å²) in [5, 5.41) is 3.24. The Morgan fingerprint density at radius 1 is 1.12 bits per heavy atom. The lowest BCUT2D eigenvalue weighted by molar-refractivity contribution is -0.123. The summed E-state index contributed by atoms with van der Waals surface area (Å²) in [4.78, 5) is 15.6. The second-order valence-corrected chi connectivity index (χ2v) is 9.20. The van der Waals surface area contributed by atoms with Crippen molar-refractivity contribution in [3.8, 4) is 0 Å². The number of carbonyl (C=O) groups is 1. The number of fused-ring (bicyclic) bond motifs is 2. The van der Waals surface area contributed by atoms with Gasteiger partial charge in [-0.25, -0.2) is 0 Å². The van der Waals surface area contributed by atoms with Gasteiger partial charge in [0.15, 0.2) is 0 Å². The normalized spacial score (nSPS) is 26.1. The summed E-state index contributed by atoms with van der Waals surface area (Å²) < 4.78 is 0. The molecule has 2 unspecified atom stereocenters. The van der Waals surface area contributed by atoms with E-state index >= 15 is 0 Å². The minimum absolute atomic E-state index is 0.0634. The first-order valence-electron chi connectivity index (χ1n) is 9.27. The second kappa shape index (κ2) is 6.31. The lowest BCUT2D eigenvalue weighted by atomic mass is 9.68. The second-order valence-electron chi connectivity index (χ2n) is 8.09. The maximum absolute atomic E-state index is 13.3. The van der Waals surface area contributed by atoms with Crippen LogP contribution < -0.4 is 5.32 Å². The zero-order chi connectivity index (χ0) is 18.4. The Morgan fingerprint density at radius 2 is 1.81 bits per heavy atom. The number of benzene rings is 2. The fraction of sp³-hybridized carbons (Fsp3) is 0.348. The van der Waals surface area contributed by atoms with Crippen molar-refractivity contribution < 1.29 is 4.79 Å². The maximum atomic E-state index is 13.3. The zero-order valence-electron chi connectivity index (χ0n) is 15.4. The molecule has 0 radical (unpaired) electrons. The number of hydrogen-bond acceptors (Lipinski definition) is 2. The first kappa shape index (κ1) is 17.4. The standard InChI is InChI=1S/C23H25NOS/c1-16-22(2,3)17-13-14-23(16,15-17)21(25)24-19-11-7-8-12-20(19)26-18-9-5-4-6-10-18/h4-12,17H,1,13-15H2,2-3H3,(H,24,25). The molecule has 1 amide bonds. The van der Waals surface area contributed by atoms with E-state index < -0.39 is 5.41 Å². The molecule has 1 N–H and O–H groups in total. The van der Waals surface area contributed by atoms with E-state index in [1.165, 1.54) is 4.90 Å². The third-order valence-electron chi connectivity index (χ3n) is 6.43. The summed E-state index contributed by atoms with van der Waals surface area (Å²) in [6.45, 7) is 8.84. The summed E-state index contributed by atoms with van der Waals surface area (Å²) in [6.07, 6.45) is 3.00. The van der Waals surface area contributed by atoms with Crippen LogP contribution in [0.15, 0.2) is 76.5 Å². The zero-order valence-corrected chi connectivity index (χ0v) is 16.2. The number of anilines is 1. The lowest BCUT2D eigenvalue weighted by Crippen LogP contribution is -2.37. The molecule has 4 rings (SSSR count). The van der Waals surface area contributed by atoms with E-state index in [-0.39, 0.29) is 11.3 Å². The Bertz CT molecular complexity index is 858. The van der Waals surface area contributed by atoms with Crippen molar-refractivity contribution in [1.29, 1.82) is 0 Å². The molecule has 2 aliphatic carbocycles. The van der Waals surface area contributed by atoms with Gasteiger partial charge >= 0.3 is 0 Å². The largest absolute Gasteiger partial charge is 0.324 e. The molecule has 26 heavy (non-hydrogen) atoms. The van der Waals surface area contributed by atoms with Gasteiger partial charge in [0.25, 0.3) is 0 Å². The van der Waals surface area contributed by atoms with Crippen molar-refractivity contribution in [2.24, 2.45) is 16.7 Å². The Hall–Kier alpha value is -2.00. The monoisotopic (exact) mass is 363 g/mol. The van der Waals surface area contributed by atoms with Crippen molar-refractivity contribution >= 4 is 23.4 Å². The molecular formula is C23H25NOS. The summed E-state index contributed by atoms with van der Waals surface area (Å²) in [5.74, 6) is 0.700. The number of carbonyl (C=O) groups excluding carboxylic acids is 1. The molecule has 2 atom stereocenters. The Labute approximate surface area is 160 Å². The van der Waals surface area contributed by atoms with Crippen molar-refractivity contribution in [2.45, 2.75) is 42.9 Å². The first-order valence-corrected chi connectivity index (χ1v) is 10.1. The fourth-order valence-corrected chi connectivity index (χ4v) is 5.58. The molecule has 0 aliphatic heterocycles. The summed E-state index contributed by atoms with van der Waals surface area (Å²) in [7, 11) is 0. The van der Waals surface area contributed by atoms with Crippen molar-refractivity contribution in [1.82, 2.24) is 0 Å². The summed E-state index contributed by atoms with van der Waals surface area (Å²) >= 11 is 1.68. The van der Waals surface area contributed by atoms with Gasteiger partial charge in [-0.1, -0.05) is 68.1 Å². The van der Waals surface area contributed by atoms with Crippen LogP contribution in [0.1, 0.15) is 33.1 Å². The lowest BCUT2D eigenvalue weighted by Gasteiger charge is -2.37. The van der Waals surface area contributed by atoms with Gasteiger partial charge in [0.1, 0.15) is 0 Å². The maximum Gasteiger partial charge on any atom is 0.234 e. The van der Waals surface area contributed by atoms with Crippen LogP contribution in [0, 0.1) is 16.7 Å². The molecule has 0 saturated heterocycles. The number of nitrogens with one attached hydrogen (secondary N) is 1. The molecule has 0 aromatic heterocycles. The Morgan fingerprint density at radius 3 is 2.50 bits per heavy atom. The third kappa shape index (κ3) is 2.69. The van der Waals surface area contributed by atoms with Gasteiger partial charge in [0.05, 0.1) is 11.1 Å². The highest BCUT2D eigenvalue weighted by molar-refractivity contribution is 7.99. The van der Waals surface area contributed by atoms with Crippen LogP contribution >= 0.6 is 11.8 Å². The van der Waals surface area contributed by atoms with Gasteiger partial charge < -0.3 is 5.32 Å². The van der Waals surface area contributed by atoms with Crippen molar-refractivity contribution in [3.63, 3.8) is 0 Å². The topological polar surface area (TPSA) is 29.1 Å². The molecule has 3 heteroatoms. The van der Waals surface area contributed by atoms with Crippen LogP contribution in [-0.4, -0.2) is 5.91 Å². The molecule has 2 bridgehead atoms. The Kier molecular flexibility index (Phi) is 4.23. The highest BCUT2D eigenvalue weighted by Gasteiger charge is 2.60. The van der Waals surface area contributed by atoms with Gasteiger partial charge in [-0.05, 0) is 54.9 Å². The Balaban J connectivity index is 1.59. The van der Waals surface area contributed by atoms with Gasteiger partial charge in [-0.2, -0.15) is 0 Å². The first-order chi connectivity index (χ1) is 12.4. The number of amides is 1. The van der Waals surface area contributed by atoms with E-state index in [2.05, 4.69) is 43.9 Å². The quantitative estimate of drug-likeness (QED) is 0.659. The van der Waals surface area contributed by atoms with Crippen LogP contribution in [0.5, 0.6) is 0 Å². The predicted octanol–water partition coefficient (Wildman–Crippen LogP) is 6.16. The molecule has 2 aliphatic rings. The highest BCUT2D eigenvalue weighted by Crippen LogP contribution is 2.65. The van der Waals surface area contributed by atoms with Gasteiger partial charge in [-0.3, -0.25) is 4.79 Å². The molecule has 2 aromatic carbocycles. The number of para-hydroxylation sites is 1. The minimum Gasteiger partial charge on any atom is -0.324 e. The van der Waals surface area contributed by atoms with Crippen LogP contribution in [0.3, 0.4) is 0 Å². The molecule has 2 aromatic rings.